The van der Waals surface area contributed by atoms with E-state index in [-0.39, 0.29) is 13.0 Å². The largest absolute Gasteiger partial charge is 0.479 e. The molecule has 1 atom stereocenters. The Morgan fingerprint density at radius 2 is 1.89 bits per heavy atom. The number of nitrogens with one attached hydrogen (secondary N) is 2. The fraction of sp³-hybridized carbons (Fsp3) is 0.750. The lowest BCUT2D eigenvalue weighted by atomic mass is 10.3. The maximum Gasteiger partial charge on any atom is 0.422 e. The van der Waals surface area contributed by atoms with Gasteiger partial charge >= 0.3 is 22.3 Å². The van der Waals surface area contributed by atoms with Gasteiger partial charge in [0.25, 0.3) is 0 Å². The van der Waals surface area contributed by atoms with Gasteiger partial charge in [0.1, 0.15) is 0 Å². The summed E-state index contributed by atoms with van der Waals surface area (Å²) in [5.41, 5.74) is 0. The van der Waals surface area contributed by atoms with Crippen LogP contribution in [0.25, 0.3) is 0 Å². The van der Waals surface area contributed by atoms with Crippen molar-refractivity contribution in [2.45, 2.75) is 32.5 Å². The highest BCUT2D eigenvalue weighted by Crippen LogP contribution is 1.92. The topological polar surface area (TPSA) is 142 Å². The van der Waals surface area contributed by atoms with Gasteiger partial charge in [-0.3, -0.25) is 0 Å². The van der Waals surface area contributed by atoms with Crippen LogP contribution in [0.3, 0.4) is 0 Å². The zero-order valence-corrected chi connectivity index (χ0v) is 10.7. The molecule has 18 heavy (non-hydrogen) atoms. The first kappa shape index (κ1) is 16.6. The lowest BCUT2D eigenvalue weighted by molar-refractivity contribution is -0.146. The van der Waals surface area contributed by atoms with Crippen LogP contribution in [0.2, 0.25) is 0 Å². The number of hydrogen-bond acceptors (Lipinski definition) is 6. The number of aliphatic hydroxyl groups is 1. The smallest absolute Gasteiger partial charge is 0.422 e. The number of hydrogen-bond donors (Lipinski definition) is 4. The summed E-state index contributed by atoms with van der Waals surface area (Å²) in [6.07, 6.45) is -3.62. The second-order valence-electron chi connectivity index (χ2n) is 3.60. The summed E-state index contributed by atoms with van der Waals surface area (Å²) in [6, 6.07) is 0. The molecule has 0 saturated carbocycles. The molecule has 0 aliphatic carbocycles. The zero-order chi connectivity index (χ0) is 14.3. The maximum absolute atomic E-state index is 11.2. The average molecular weight is 284 g/mol. The highest BCUT2D eigenvalue weighted by atomic mass is 32.2. The van der Waals surface area contributed by atoms with E-state index >= 15 is 0 Å². The van der Waals surface area contributed by atoms with Crippen molar-refractivity contribution in [2.24, 2.45) is 0 Å². The predicted molar refractivity (Wildman–Crippen MR) is 59.9 cm³/mol. The summed E-state index contributed by atoms with van der Waals surface area (Å²) in [5, 5.41) is 17.2. The zero-order valence-electron chi connectivity index (χ0n) is 9.91. The molecule has 0 heterocycles. The molecule has 10 heteroatoms. The third-order valence-electron chi connectivity index (χ3n) is 1.56. The molecule has 1 unspecified atom stereocenters. The second kappa shape index (κ2) is 7.13. The molecule has 0 aromatic rings. The van der Waals surface area contributed by atoms with Gasteiger partial charge in [0, 0.05) is 6.54 Å². The summed E-state index contributed by atoms with van der Waals surface area (Å²) >= 11 is 0. The molecule has 0 bridgehead atoms. The molecule has 0 fully saturated rings. The summed E-state index contributed by atoms with van der Waals surface area (Å²) < 4.78 is 30.4. The molecule has 0 aromatic heterocycles. The van der Waals surface area contributed by atoms with Gasteiger partial charge in [-0.1, -0.05) is 0 Å². The third kappa shape index (κ3) is 7.81. The number of rotatable bonds is 7. The van der Waals surface area contributed by atoms with E-state index in [2.05, 4.69) is 4.74 Å². The molecule has 0 saturated heterocycles. The predicted octanol–water partition coefficient (Wildman–Crippen LogP) is -1.21. The second-order valence-corrected chi connectivity index (χ2v) is 5.10. The van der Waals surface area contributed by atoms with E-state index < -0.39 is 34.5 Å². The molecule has 0 aliphatic heterocycles. The van der Waals surface area contributed by atoms with E-state index in [0.29, 0.717) is 0 Å². The minimum atomic E-state index is -4.13. The van der Waals surface area contributed by atoms with Crippen LogP contribution in [-0.4, -0.2) is 49.4 Å². The van der Waals surface area contributed by atoms with E-state index in [4.69, 9.17) is 10.2 Å². The Balaban J connectivity index is 4.09. The minimum absolute atomic E-state index is 0.324. The van der Waals surface area contributed by atoms with Crippen molar-refractivity contribution in [3.05, 3.63) is 0 Å². The van der Waals surface area contributed by atoms with Gasteiger partial charge in [-0.2, -0.15) is 13.1 Å². The van der Waals surface area contributed by atoms with Crippen LogP contribution in [0.15, 0.2) is 0 Å². The van der Waals surface area contributed by atoms with Crippen LogP contribution in [-0.2, 0) is 19.7 Å². The van der Waals surface area contributed by atoms with Crippen molar-refractivity contribution in [1.82, 2.24) is 9.44 Å². The van der Waals surface area contributed by atoms with Crippen LogP contribution in [0.5, 0.6) is 0 Å². The van der Waals surface area contributed by atoms with E-state index in [1.807, 2.05) is 4.72 Å². The first-order chi connectivity index (χ1) is 8.14. The van der Waals surface area contributed by atoms with E-state index in [9.17, 15) is 18.0 Å². The van der Waals surface area contributed by atoms with Crippen molar-refractivity contribution in [3.8, 4) is 0 Å². The van der Waals surface area contributed by atoms with Crippen LogP contribution in [0.4, 0.5) is 4.79 Å². The van der Waals surface area contributed by atoms with Gasteiger partial charge in [-0.05, 0) is 20.3 Å². The Hall–Kier alpha value is -1.39. The molecule has 4 N–H and O–H groups in total. The Morgan fingerprint density at radius 3 is 2.33 bits per heavy atom. The first-order valence-corrected chi connectivity index (χ1v) is 6.51. The number of carbonyl (C=O) groups excluding carboxylic acids is 1. The standard InChI is InChI=1S/C8H16N2O7S/c1-5(2)17-8(14)10-18(15,16)9-4-3-6(11)7(12)13/h5-6,9,11H,3-4H2,1-2H3,(H,10,14)(H,12,13). The van der Waals surface area contributed by atoms with Crippen LogP contribution >= 0.6 is 0 Å². The van der Waals surface area contributed by atoms with Crippen molar-refractivity contribution in [1.29, 1.82) is 0 Å². The lowest BCUT2D eigenvalue weighted by Gasteiger charge is -2.11. The van der Waals surface area contributed by atoms with Crippen molar-refractivity contribution >= 4 is 22.3 Å². The monoisotopic (exact) mass is 284 g/mol. The molecule has 0 aliphatic rings. The fourth-order valence-electron chi connectivity index (χ4n) is 0.837. The number of carboxylic acid groups (broad SMARTS) is 1. The summed E-state index contributed by atoms with van der Waals surface area (Å²) in [5.74, 6) is -1.46. The molecular weight excluding hydrogens is 268 g/mol. The van der Waals surface area contributed by atoms with Gasteiger partial charge < -0.3 is 14.9 Å². The summed E-state index contributed by atoms with van der Waals surface area (Å²) in [4.78, 5) is 21.2. The molecular formula is C8H16N2O7S. The molecule has 0 rings (SSSR count). The van der Waals surface area contributed by atoms with Crippen molar-refractivity contribution in [2.75, 3.05) is 6.54 Å². The van der Waals surface area contributed by atoms with Crippen LogP contribution in [0.1, 0.15) is 20.3 Å². The van der Waals surface area contributed by atoms with E-state index in [0.717, 1.165) is 0 Å². The Labute approximate surface area is 104 Å². The number of aliphatic carboxylic acids is 1. The SMILES string of the molecule is CC(C)OC(=O)NS(=O)(=O)NCCC(O)C(=O)O. The minimum Gasteiger partial charge on any atom is -0.479 e. The van der Waals surface area contributed by atoms with Gasteiger partial charge in [0.15, 0.2) is 6.10 Å². The number of amides is 1. The van der Waals surface area contributed by atoms with Gasteiger partial charge in [0.2, 0.25) is 0 Å². The number of carbonyl (C=O) groups is 2. The summed E-state index contributed by atoms with van der Waals surface area (Å²) in [7, 11) is -4.13. The van der Waals surface area contributed by atoms with Crippen molar-refractivity contribution < 1.29 is 33.0 Å². The lowest BCUT2D eigenvalue weighted by Crippen LogP contribution is -2.42. The summed E-state index contributed by atoms with van der Waals surface area (Å²) in [6.45, 7) is 2.75. The highest BCUT2D eigenvalue weighted by molar-refractivity contribution is 7.88. The molecule has 1 amide bonds. The molecule has 0 aromatic carbocycles. The molecule has 0 radical (unpaired) electrons. The highest BCUT2D eigenvalue weighted by Gasteiger charge is 2.18. The Kier molecular flexibility index (Phi) is 6.58. The quantitative estimate of drug-likeness (QED) is 0.459. The van der Waals surface area contributed by atoms with Crippen molar-refractivity contribution in [3.63, 3.8) is 0 Å². The van der Waals surface area contributed by atoms with Crippen LogP contribution in [0, 0.1) is 0 Å². The van der Waals surface area contributed by atoms with Gasteiger partial charge in [-0.15, -0.1) is 0 Å². The Bertz CT molecular complexity index is 392. The van der Waals surface area contributed by atoms with Gasteiger partial charge in [-0.25, -0.2) is 14.3 Å². The number of aliphatic hydroxyl groups excluding tert-OH is 1. The molecule has 9 nitrogen and oxygen atoms in total. The fourth-order valence-corrected chi connectivity index (χ4v) is 1.56. The van der Waals surface area contributed by atoms with E-state index in [1.165, 1.54) is 0 Å². The first-order valence-electron chi connectivity index (χ1n) is 5.03. The number of carboxylic acids is 1. The van der Waals surface area contributed by atoms with Crippen LogP contribution < -0.4 is 9.44 Å². The molecule has 0 spiro atoms. The Morgan fingerprint density at radius 1 is 1.33 bits per heavy atom. The normalized spacial score (nSPS) is 13.1. The van der Waals surface area contributed by atoms with E-state index in [1.54, 1.807) is 18.6 Å². The molecule has 106 valence electrons. The average Bonchev–Trinajstić information content (AvgIpc) is 2.13. The third-order valence-corrected chi connectivity index (χ3v) is 2.57. The van der Waals surface area contributed by atoms with Gasteiger partial charge in [0.05, 0.1) is 6.10 Å². The number of ether oxygens (including phenoxy) is 1. The maximum atomic E-state index is 11.2.